The lowest BCUT2D eigenvalue weighted by molar-refractivity contribution is -0.115. The van der Waals surface area contributed by atoms with E-state index in [1.807, 2.05) is 50.2 Å². The van der Waals surface area contributed by atoms with Crippen LogP contribution in [-0.2, 0) is 4.79 Å². The number of fused-ring (bicyclic) bond motifs is 1. The van der Waals surface area contributed by atoms with Gasteiger partial charge < -0.3 is 14.8 Å². The fourth-order valence-electron chi connectivity index (χ4n) is 3.22. The Kier molecular flexibility index (Phi) is 5.59. The number of aromatic nitrogens is 1. The Morgan fingerprint density at radius 2 is 1.90 bits per heavy atom. The summed E-state index contributed by atoms with van der Waals surface area (Å²) in [6.07, 6.45) is 0. The normalized spacial score (nSPS) is 12.8. The third-order valence-corrected chi connectivity index (χ3v) is 5.87. The summed E-state index contributed by atoms with van der Waals surface area (Å²) in [5.74, 6) is 1.04. The quantitative estimate of drug-likeness (QED) is 0.602. The number of carbonyl (C=O) groups is 1. The number of nitrogens with zero attached hydrogens (tertiary/aromatic N) is 2. The number of anilines is 1. The predicted octanol–water partition coefficient (Wildman–Crippen LogP) is 4.77. The number of hydrogen-bond donors (Lipinski definition) is 1. The van der Waals surface area contributed by atoms with Crippen LogP contribution in [0.25, 0.3) is 0 Å². The lowest BCUT2D eigenvalue weighted by Crippen LogP contribution is -2.19. The average molecular weight is 417 g/mol. The molecule has 0 bridgehead atoms. The van der Waals surface area contributed by atoms with Gasteiger partial charge in [0.15, 0.2) is 11.5 Å². The molecule has 2 heterocycles. The Labute approximate surface area is 178 Å². The molecule has 1 aliphatic heterocycles. The molecule has 7 heteroatoms. The second-order valence-corrected chi connectivity index (χ2v) is 7.93. The molecule has 1 atom stereocenters. The number of thioether (sulfide) groups is 1. The average Bonchev–Trinajstić information content (AvgIpc) is 3.20. The van der Waals surface area contributed by atoms with Crippen LogP contribution in [0.4, 0.5) is 5.69 Å². The summed E-state index contributed by atoms with van der Waals surface area (Å²) in [6.45, 7) is 3.93. The van der Waals surface area contributed by atoms with Crippen molar-refractivity contribution >= 4 is 23.4 Å². The van der Waals surface area contributed by atoms with Gasteiger partial charge in [0.2, 0.25) is 12.7 Å². The van der Waals surface area contributed by atoms with E-state index in [9.17, 15) is 10.1 Å². The van der Waals surface area contributed by atoms with E-state index in [1.54, 1.807) is 18.2 Å². The van der Waals surface area contributed by atoms with Gasteiger partial charge in [-0.15, -0.1) is 0 Å². The first-order chi connectivity index (χ1) is 14.5. The molecule has 0 aliphatic carbocycles. The molecule has 1 unspecified atom stereocenters. The van der Waals surface area contributed by atoms with Crippen molar-refractivity contribution in [2.24, 2.45) is 0 Å². The number of aryl methyl sites for hydroxylation is 2. The van der Waals surface area contributed by atoms with E-state index in [0.29, 0.717) is 27.8 Å². The summed E-state index contributed by atoms with van der Waals surface area (Å²) in [5, 5.41) is 12.5. The number of amides is 1. The van der Waals surface area contributed by atoms with Crippen LogP contribution in [0.1, 0.15) is 27.6 Å². The maximum atomic E-state index is 13.3. The first-order valence-electron chi connectivity index (χ1n) is 9.35. The van der Waals surface area contributed by atoms with Crippen LogP contribution in [0.2, 0.25) is 0 Å². The van der Waals surface area contributed by atoms with Crippen LogP contribution in [0.15, 0.2) is 59.6 Å². The van der Waals surface area contributed by atoms with Gasteiger partial charge in [-0.3, -0.25) is 4.79 Å². The third kappa shape index (κ3) is 4.09. The van der Waals surface area contributed by atoms with Gasteiger partial charge in [0.25, 0.3) is 0 Å². The second kappa shape index (κ2) is 8.47. The van der Waals surface area contributed by atoms with E-state index in [-0.39, 0.29) is 12.7 Å². The summed E-state index contributed by atoms with van der Waals surface area (Å²) >= 11 is 1.27. The summed E-state index contributed by atoms with van der Waals surface area (Å²) < 4.78 is 10.7. The van der Waals surface area contributed by atoms with Crippen LogP contribution >= 0.6 is 11.8 Å². The molecule has 150 valence electrons. The van der Waals surface area contributed by atoms with E-state index in [2.05, 4.69) is 16.4 Å². The van der Waals surface area contributed by atoms with Crippen molar-refractivity contribution in [1.82, 2.24) is 4.98 Å². The minimum absolute atomic E-state index is 0.171. The molecule has 4 rings (SSSR count). The van der Waals surface area contributed by atoms with E-state index in [1.165, 1.54) is 11.8 Å². The molecule has 0 saturated heterocycles. The predicted molar refractivity (Wildman–Crippen MR) is 115 cm³/mol. The van der Waals surface area contributed by atoms with E-state index in [4.69, 9.17) is 9.47 Å². The fraction of sp³-hybridized carbons (Fsp3) is 0.174. The topological polar surface area (TPSA) is 84.2 Å². The molecular weight excluding hydrogens is 398 g/mol. The first-order valence-corrected chi connectivity index (χ1v) is 10.2. The van der Waals surface area contributed by atoms with Gasteiger partial charge in [0, 0.05) is 17.4 Å². The molecule has 0 saturated carbocycles. The van der Waals surface area contributed by atoms with Gasteiger partial charge in [-0.2, -0.15) is 5.26 Å². The zero-order valence-electron chi connectivity index (χ0n) is 16.5. The van der Waals surface area contributed by atoms with Crippen molar-refractivity contribution in [3.05, 3.63) is 77.0 Å². The number of nitrogens with one attached hydrogen (secondary N) is 1. The molecule has 0 spiro atoms. The van der Waals surface area contributed by atoms with Crippen molar-refractivity contribution in [1.29, 1.82) is 5.26 Å². The molecule has 1 aromatic heterocycles. The molecule has 1 N–H and O–H groups in total. The SMILES string of the molecule is Cc1cc(C)c(C#N)c(SC(C(=O)Nc2ccc3c(c2)OCO3)c2ccccc2)n1. The molecule has 1 aliphatic rings. The molecular formula is C23H19N3O3S. The fourth-order valence-corrected chi connectivity index (χ4v) is 4.42. The van der Waals surface area contributed by atoms with Gasteiger partial charge in [-0.1, -0.05) is 42.1 Å². The van der Waals surface area contributed by atoms with Gasteiger partial charge in [-0.25, -0.2) is 4.98 Å². The molecule has 1 amide bonds. The van der Waals surface area contributed by atoms with Crippen molar-refractivity contribution in [3.63, 3.8) is 0 Å². The molecule has 0 radical (unpaired) electrons. The standard InChI is InChI=1S/C23H19N3O3S/c1-14-10-15(2)25-23(18(14)12-24)30-21(16-6-4-3-5-7-16)22(27)26-17-8-9-19-20(11-17)29-13-28-19/h3-11,21H,13H2,1-2H3,(H,26,27). The first kappa shape index (κ1) is 19.8. The second-order valence-electron chi connectivity index (χ2n) is 6.84. The zero-order valence-corrected chi connectivity index (χ0v) is 17.3. The van der Waals surface area contributed by atoms with Crippen LogP contribution in [0.5, 0.6) is 11.5 Å². The molecule has 2 aromatic carbocycles. The van der Waals surface area contributed by atoms with Gasteiger partial charge in [0.05, 0.1) is 5.56 Å². The van der Waals surface area contributed by atoms with E-state index < -0.39 is 5.25 Å². The van der Waals surface area contributed by atoms with Crippen molar-refractivity contribution in [2.45, 2.75) is 24.1 Å². The molecule has 30 heavy (non-hydrogen) atoms. The lowest BCUT2D eigenvalue weighted by atomic mass is 10.1. The van der Waals surface area contributed by atoms with Gasteiger partial charge in [0.1, 0.15) is 16.3 Å². The number of ether oxygens (including phenoxy) is 2. The largest absolute Gasteiger partial charge is 0.454 e. The van der Waals surface area contributed by atoms with E-state index >= 15 is 0 Å². The van der Waals surface area contributed by atoms with Crippen LogP contribution in [-0.4, -0.2) is 17.7 Å². The summed E-state index contributed by atoms with van der Waals surface area (Å²) in [6, 6.07) is 18.8. The number of benzene rings is 2. The minimum atomic E-state index is -0.586. The van der Waals surface area contributed by atoms with E-state index in [0.717, 1.165) is 16.8 Å². The number of carbonyl (C=O) groups excluding carboxylic acids is 1. The van der Waals surface area contributed by atoms with Crippen LogP contribution in [0.3, 0.4) is 0 Å². The van der Waals surface area contributed by atoms with Crippen molar-refractivity contribution in [2.75, 3.05) is 12.1 Å². The summed E-state index contributed by atoms with van der Waals surface area (Å²) in [5.41, 5.74) is 3.57. The zero-order chi connectivity index (χ0) is 21.1. The number of hydrogen-bond acceptors (Lipinski definition) is 6. The number of nitriles is 1. The minimum Gasteiger partial charge on any atom is -0.454 e. The molecule has 0 fully saturated rings. The van der Waals surface area contributed by atoms with Gasteiger partial charge in [-0.05, 0) is 43.2 Å². The number of rotatable bonds is 5. The summed E-state index contributed by atoms with van der Waals surface area (Å²) in [7, 11) is 0. The van der Waals surface area contributed by atoms with Crippen molar-refractivity contribution in [3.8, 4) is 17.6 Å². The highest BCUT2D eigenvalue weighted by Crippen LogP contribution is 2.39. The van der Waals surface area contributed by atoms with Crippen LogP contribution in [0, 0.1) is 25.2 Å². The maximum Gasteiger partial charge on any atom is 0.242 e. The Hall–Kier alpha value is -3.50. The summed E-state index contributed by atoms with van der Waals surface area (Å²) in [4.78, 5) is 17.8. The Bertz CT molecular complexity index is 1140. The van der Waals surface area contributed by atoms with Crippen molar-refractivity contribution < 1.29 is 14.3 Å². The monoisotopic (exact) mass is 417 g/mol. The van der Waals surface area contributed by atoms with Gasteiger partial charge >= 0.3 is 0 Å². The third-order valence-electron chi connectivity index (χ3n) is 4.63. The number of pyridine rings is 1. The van der Waals surface area contributed by atoms with Crippen LogP contribution < -0.4 is 14.8 Å². The Balaban J connectivity index is 1.66. The lowest BCUT2D eigenvalue weighted by Gasteiger charge is -2.18. The smallest absolute Gasteiger partial charge is 0.242 e. The Morgan fingerprint density at radius 1 is 1.13 bits per heavy atom. The highest BCUT2D eigenvalue weighted by atomic mass is 32.2. The highest BCUT2D eigenvalue weighted by molar-refractivity contribution is 8.00. The molecule has 6 nitrogen and oxygen atoms in total. The molecule has 3 aromatic rings. The highest BCUT2D eigenvalue weighted by Gasteiger charge is 2.25. The Morgan fingerprint density at radius 3 is 2.67 bits per heavy atom. The maximum absolute atomic E-state index is 13.3.